The van der Waals surface area contributed by atoms with Crippen LogP contribution in [0.15, 0.2) is 18.2 Å². The smallest absolute Gasteiger partial charge is 0.257 e. The Hall–Kier alpha value is -1.75. The molecular formula is C13H20N2O3. The molecule has 0 bridgehead atoms. The Morgan fingerprint density at radius 3 is 2.94 bits per heavy atom. The summed E-state index contributed by atoms with van der Waals surface area (Å²) in [5.74, 6) is 0.495. The van der Waals surface area contributed by atoms with Crippen LogP contribution in [0, 0.1) is 6.92 Å². The SMILES string of the molecule is COCCCNC(=O)COc1cc(N)ccc1C. The Bertz CT molecular complexity index is 394. The Kier molecular flexibility index (Phi) is 6.00. The third-order valence-corrected chi connectivity index (χ3v) is 2.42. The Morgan fingerprint density at radius 2 is 2.22 bits per heavy atom. The topological polar surface area (TPSA) is 73.6 Å². The van der Waals surface area contributed by atoms with E-state index in [4.69, 9.17) is 15.2 Å². The number of rotatable bonds is 7. The maximum absolute atomic E-state index is 11.5. The lowest BCUT2D eigenvalue weighted by atomic mass is 10.2. The van der Waals surface area contributed by atoms with E-state index >= 15 is 0 Å². The number of hydrogen-bond acceptors (Lipinski definition) is 4. The minimum absolute atomic E-state index is 0.00270. The predicted molar refractivity (Wildman–Crippen MR) is 70.6 cm³/mol. The molecule has 0 heterocycles. The van der Waals surface area contributed by atoms with Gasteiger partial charge in [0.05, 0.1) is 0 Å². The fraction of sp³-hybridized carbons (Fsp3) is 0.462. The number of nitrogen functional groups attached to an aromatic ring is 1. The molecular weight excluding hydrogens is 232 g/mol. The standard InChI is InChI=1S/C13H20N2O3/c1-10-4-5-11(14)8-12(10)18-9-13(16)15-6-3-7-17-2/h4-5,8H,3,6-7,9,14H2,1-2H3,(H,15,16). The van der Waals surface area contributed by atoms with Crippen LogP contribution in [-0.2, 0) is 9.53 Å². The largest absolute Gasteiger partial charge is 0.483 e. The highest BCUT2D eigenvalue weighted by Crippen LogP contribution is 2.20. The van der Waals surface area contributed by atoms with Gasteiger partial charge in [0.1, 0.15) is 5.75 Å². The molecule has 3 N–H and O–H groups in total. The fourth-order valence-electron chi connectivity index (χ4n) is 1.41. The second kappa shape index (κ2) is 7.55. The lowest BCUT2D eigenvalue weighted by Crippen LogP contribution is -2.30. The molecule has 0 unspecified atom stereocenters. The highest BCUT2D eigenvalue weighted by Gasteiger charge is 2.04. The number of nitrogens with two attached hydrogens (primary N) is 1. The lowest BCUT2D eigenvalue weighted by molar-refractivity contribution is -0.123. The van der Waals surface area contributed by atoms with E-state index in [2.05, 4.69) is 5.32 Å². The number of hydrogen-bond donors (Lipinski definition) is 2. The van der Waals surface area contributed by atoms with Gasteiger partial charge in [0, 0.05) is 32.0 Å². The fourth-order valence-corrected chi connectivity index (χ4v) is 1.41. The van der Waals surface area contributed by atoms with E-state index < -0.39 is 0 Å². The average Bonchev–Trinajstić information content (AvgIpc) is 2.36. The molecule has 5 heteroatoms. The molecule has 1 aromatic carbocycles. The third-order valence-electron chi connectivity index (χ3n) is 2.42. The van der Waals surface area contributed by atoms with Gasteiger partial charge in [-0.1, -0.05) is 6.07 Å². The van der Waals surface area contributed by atoms with Crippen molar-refractivity contribution in [2.75, 3.05) is 32.6 Å². The van der Waals surface area contributed by atoms with Crippen LogP contribution in [0.5, 0.6) is 5.75 Å². The van der Waals surface area contributed by atoms with Crippen molar-refractivity contribution in [3.8, 4) is 5.75 Å². The summed E-state index contributed by atoms with van der Waals surface area (Å²) in [7, 11) is 1.63. The zero-order chi connectivity index (χ0) is 13.4. The zero-order valence-corrected chi connectivity index (χ0v) is 10.9. The van der Waals surface area contributed by atoms with Crippen molar-refractivity contribution in [2.24, 2.45) is 0 Å². The molecule has 0 atom stereocenters. The van der Waals surface area contributed by atoms with E-state index in [1.54, 1.807) is 19.2 Å². The van der Waals surface area contributed by atoms with Crippen LogP contribution in [0.4, 0.5) is 5.69 Å². The first-order valence-electron chi connectivity index (χ1n) is 5.88. The molecule has 0 aliphatic carbocycles. The summed E-state index contributed by atoms with van der Waals surface area (Å²) in [6.07, 6.45) is 0.791. The van der Waals surface area contributed by atoms with Crippen LogP contribution in [0.1, 0.15) is 12.0 Å². The maximum Gasteiger partial charge on any atom is 0.257 e. The van der Waals surface area contributed by atoms with Gasteiger partial charge in [-0.2, -0.15) is 0 Å². The van der Waals surface area contributed by atoms with Crippen LogP contribution in [0.2, 0.25) is 0 Å². The van der Waals surface area contributed by atoms with Gasteiger partial charge in [-0.3, -0.25) is 4.79 Å². The predicted octanol–water partition coefficient (Wildman–Crippen LogP) is 1.11. The quantitative estimate of drug-likeness (QED) is 0.563. The summed E-state index contributed by atoms with van der Waals surface area (Å²) in [6, 6.07) is 5.38. The van der Waals surface area contributed by atoms with Crippen LogP contribution in [0.3, 0.4) is 0 Å². The highest BCUT2D eigenvalue weighted by molar-refractivity contribution is 5.77. The molecule has 18 heavy (non-hydrogen) atoms. The molecule has 0 aliphatic rings. The van der Waals surface area contributed by atoms with Gasteiger partial charge in [0.2, 0.25) is 0 Å². The lowest BCUT2D eigenvalue weighted by Gasteiger charge is -2.10. The summed E-state index contributed by atoms with van der Waals surface area (Å²) in [5.41, 5.74) is 7.23. The monoisotopic (exact) mass is 252 g/mol. The van der Waals surface area contributed by atoms with Crippen molar-refractivity contribution in [3.05, 3.63) is 23.8 Å². The number of ether oxygens (including phenoxy) is 2. The molecule has 5 nitrogen and oxygen atoms in total. The number of amides is 1. The molecule has 1 amide bonds. The molecule has 0 saturated carbocycles. The normalized spacial score (nSPS) is 10.1. The van der Waals surface area contributed by atoms with Crippen molar-refractivity contribution in [3.63, 3.8) is 0 Å². The van der Waals surface area contributed by atoms with Crippen LogP contribution >= 0.6 is 0 Å². The van der Waals surface area contributed by atoms with Crippen molar-refractivity contribution >= 4 is 11.6 Å². The third kappa shape index (κ3) is 5.05. The van der Waals surface area contributed by atoms with Gasteiger partial charge in [-0.25, -0.2) is 0 Å². The van der Waals surface area contributed by atoms with Gasteiger partial charge in [-0.15, -0.1) is 0 Å². The first kappa shape index (κ1) is 14.3. The minimum Gasteiger partial charge on any atom is -0.483 e. The highest BCUT2D eigenvalue weighted by atomic mass is 16.5. The van der Waals surface area contributed by atoms with E-state index in [1.165, 1.54) is 0 Å². The minimum atomic E-state index is -0.145. The molecule has 0 fully saturated rings. The van der Waals surface area contributed by atoms with Crippen LogP contribution in [0.25, 0.3) is 0 Å². The number of methoxy groups -OCH3 is 1. The van der Waals surface area contributed by atoms with Gasteiger partial charge in [-0.05, 0) is 25.0 Å². The molecule has 0 aromatic heterocycles. The molecule has 0 aliphatic heterocycles. The number of nitrogens with one attached hydrogen (secondary N) is 1. The number of aryl methyl sites for hydroxylation is 1. The number of carbonyl (C=O) groups excluding carboxylic acids is 1. The molecule has 1 aromatic rings. The Labute approximate surface area is 107 Å². The average molecular weight is 252 g/mol. The second-order valence-corrected chi connectivity index (χ2v) is 4.01. The summed E-state index contributed by atoms with van der Waals surface area (Å²) in [6.45, 7) is 3.13. The summed E-state index contributed by atoms with van der Waals surface area (Å²) < 4.78 is 10.3. The number of benzene rings is 1. The summed E-state index contributed by atoms with van der Waals surface area (Å²) in [5, 5.41) is 2.75. The van der Waals surface area contributed by atoms with Crippen molar-refractivity contribution < 1.29 is 14.3 Å². The van der Waals surface area contributed by atoms with Gasteiger partial charge >= 0.3 is 0 Å². The summed E-state index contributed by atoms with van der Waals surface area (Å²) >= 11 is 0. The van der Waals surface area contributed by atoms with Crippen LogP contribution in [-0.4, -0.2) is 32.8 Å². The molecule has 0 radical (unpaired) electrons. The van der Waals surface area contributed by atoms with E-state index in [0.29, 0.717) is 24.6 Å². The maximum atomic E-state index is 11.5. The first-order valence-corrected chi connectivity index (χ1v) is 5.88. The van der Waals surface area contributed by atoms with Crippen molar-refractivity contribution in [1.82, 2.24) is 5.32 Å². The van der Waals surface area contributed by atoms with Crippen LogP contribution < -0.4 is 15.8 Å². The molecule has 0 saturated heterocycles. The van der Waals surface area contributed by atoms with Crippen molar-refractivity contribution in [1.29, 1.82) is 0 Å². The van der Waals surface area contributed by atoms with E-state index in [9.17, 15) is 4.79 Å². The number of carbonyl (C=O) groups is 1. The molecule has 1 rings (SSSR count). The Morgan fingerprint density at radius 1 is 1.44 bits per heavy atom. The van der Waals surface area contributed by atoms with E-state index in [-0.39, 0.29) is 12.5 Å². The van der Waals surface area contributed by atoms with Crippen molar-refractivity contribution in [2.45, 2.75) is 13.3 Å². The van der Waals surface area contributed by atoms with Gasteiger partial charge in [0.25, 0.3) is 5.91 Å². The van der Waals surface area contributed by atoms with Gasteiger partial charge in [0.15, 0.2) is 6.61 Å². The number of anilines is 1. The molecule has 0 spiro atoms. The molecule has 100 valence electrons. The van der Waals surface area contributed by atoms with Gasteiger partial charge < -0.3 is 20.5 Å². The Balaban J connectivity index is 2.31. The first-order chi connectivity index (χ1) is 8.63. The van der Waals surface area contributed by atoms with E-state index in [1.807, 2.05) is 13.0 Å². The summed E-state index contributed by atoms with van der Waals surface area (Å²) in [4.78, 5) is 11.5. The second-order valence-electron chi connectivity index (χ2n) is 4.01. The zero-order valence-electron chi connectivity index (χ0n) is 10.9. The van der Waals surface area contributed by atoms with E-state index in [0.717, 1.165) is 12.0 Å².